The molecule has 122 valence electrons. The Kier molecular flexibility index (Phi) is 5.08. The molecule has 2 aromatic rings. The number of rotatable bonds is 7. The molecule has 0 bridgehead atoms. The monoisotopic (exact) mass is 329 g/mol. The molecule has 0 unspecified atom stereocenters. The SMILES string of the molecule is Cc1ccc(-c2nc(CC(=O)NCCN(C)C3CC3)cs2)cc1. The van der Waals surface area contributed by atoms with Gasteiger partial charge in [-0.2, -0.15) is 0 Å². The van der Waals surface area contributed by atoms with E-state index in [4.69, 9.17) is 0 Å². The lowest BCUT2D eigenvalue weighted by molar-refractivity contribution is -0.120. The minimum atomic E-state index is 0.0509. The number of aryl methyl sites for hydroxylation is 1. The summed E-state index contributed by atoms with van der Waals surface area (Å²) < 4.78 is 0. The van der Waals surface area contributed by atoms with Gasteiger partial charge in [0.05, 0.1) is 12.1 Å². The van der Waals surface area contributed by atoms with Crippen LogP contribution in [0, 0.1) is 6.92 Å². The highest BCUT2D eigenvalue weighted by Crippen LogP contribution is 2.25. The van der Waals surface area contributed by atoms with Crippen LogP contribution in [0.1, 0.15) is 24.1 Å². The molecule has 0 atom stereocenters. The summed E-state index contributed by atoms with van der Waals surface area (Å²) in [4.78, 5) is 18.9. The molecule has 1 aromatic carbocycles. The van der Waals surface area contributed by atoms with Crippen molar-refractivity contribution in [3.8, 4) is 10.6 Å². The summed E-state index contributed by atoms with van der Waals surface area (Å²) in [5.41, 5.74) is 3.19. The Bertz CT molecular complexity index is 661. The molecule has 1 aromatic heterocycles. The summed E-state index contributed by atoms with van der Waals surface area (Å²) in [6.07, 6.45) is 2.95. The minimum Gasteiger partial charge on any atom is -0.354 e. The largest absolute Gasteiger partial charge is 0.354 e. The smallest absolute Gasteiger partial charge is 0.226 e. The van der Waals surface area contributed by atoms with Gasteiger partial charge in [-0.1, -0.05) is 29.8 Å². The fraction of sp³-hybridized carbons (Fsp3) is 0.444. The summed E-state index contributed by atoms with van der Waals surface area (Å²) in [5.74, 6) is 0.0509. The molecule has 0 aliphatic heterocycles. The molecule has 4 nitrogen and oxygen atoms in total. The molecular weight excluding hydrogens is 306 g/mol. The van der Waals surface area contributed by atoms with Crippen molar-refractivity contribution in [2.45, 2.75) is 32.2 Å². The fourth-order valence-corrected chi connectivity index (χ4v) is 3.34. The summed E-state index contributed by atoms with van der Waals surface area (Å²) in [5, 5.41) is 5.94. The third-order valence-electron chi connectivity index (χ3n) is 4.15. The van der Waals surface area contributed by atoms with E-state index in [0.717, 1.165) is 28.9 Å². The van der Waals surface area contributed by atoms with E-state index < -0.39 is 0 Å². The number of aromatic nitrogens is 1. The number of likely N-dealkylation sites (N-methyl/N-ethyl adjacent to an activating group) is 1. The highest BCUT2D eigenvalue weighted by atomic mass is 32.1. The van der Waals surface area contributed by atoms with Gasteiger partial charge in [0.1, 0.15) is 5.01 Å². The molecule has 1 fully saturated rings. The maximum Gasteiger partial charge on any atom is 0.226 e. The standard InChI is InChI=1S/C18H23N3OS/c1-13-3-5-14(6-4-13)18-20-15(12-23-18)11-17(22)19-9-10-21(2)16-7-8-16/h3-6,12,16H,7-11H2,1-2H3,(H,19,22). The number of nitrogens with zero attached hydrogens (tertiary/aromatic N) is 2. The molecule has 23 heavy (non-hydrogen) atoms. The molecule has 1 N–H and O–H groups in total. The van der Waals surface area contributed by atoms with Crippen LogP contribution >= 0.6 is 11.3 Å². The number of hydrogen-bond donors (Lipinski definition) is 1. The molecule has 1 saturated carbocycles. The first-order chi connectivity index (χ1) is 11.1. The summed E-state index contributed by atoms with van der Waals surface area (Å²) in [6, 6.07) is 9.05. The van der Waals surface area contributed by atoms with Gasteiger partial charge in [0.2, 0.25) is 5.91 Å². The van der Waals surface area contributed by atoms with Crippen LogP contribution in [-0.2, 0) is 11.2 Å². The zero-order chi connectivity index (χ0) is 16.2. The van der Waals surface area contributed by atoms with E-state index in [9.17, 15) is 4.79 Å². The van der Waals surface area contributed by atoms with Crippen LogP contribution in [0.25, 0.3) is 10.6 Å². The first-order valence-electron chi connectivity index (χ1n) is 8.10. The van der Waals surface area contributed by atoms with E-state index >= 15 is 0 Å². The molecule has 0 spiro atoms. The van der Waals surface area contributed by atoms with Gasteiger partial charge in [0.25, 0.3) is 0 Å². The van der Waals surface area contributed by atoms with Gasteiger partial charge in [-0.05, 0) is 26.8 Å². The summed E-state index contributed by atoms with van der Waals surface area (Å²) in [7, 11) is 2.12. The lowest BCUT2D eigenvalue weighted by Crippen LogP contribution is -2.34. The fourth-order valence-electron chi connectivity index (χ4n) is 2.51. The first-order valence-corrected chi connectivity index (χ1v) is 8.98. The number of nitrogens with one attached hydrogen (secondary N) is 1. The topological polar surface area (TPSA) is 45.2 Å². The van der Waals surface area contributed by atoms with Gasteiger partial charge in [0.15, 0.2) is 0 Å². The average molecular weight is 329 g/mol. The number of benzene rings is 1. The third kappa shape index (κ3) is 4.62. The van der Waals surface area contributed by atoms with Crippen molar-refractivity contribution < 1.29 is 4.79 Å². The maximum absolute atomic E-state index is 12.0. The number of amides is 1. The van der Waals surface area contributed by atoms with Crippen molar-refractivity contribution in [3.05, 3.63) is 40.9 Å². The molecule has 5 heteroatoms. The van der Waals surface area contributed by atoms with Gasteiger partial charge in [-0.3, -0.25) is 4.79 Å². The Hall–Kier alpha value is -1.72. The second-order valence-corrected chi connectivity index (χ2v) is 7.11. The Morgan fingerprint density at radius 1 is 1.35 bits per heavy atom. The number of thiazole rings is 1. The molecule has 1 heterocycles. The molecule has 1 aliphatic carbocycles. The highest BCUT2D eigenvalue weighted by molar-refractivity contribution is 7.13. The molecule has 0 radical (unpaired) electrons. The second kappa shape index (κ2) is 7.23. The number of carbonyl (C=O) groups is 1. The van der Waals surface area contributed by atoms with Crippen LogP contribution in [0.4, 0.5) is 0 Å². The van der Waals surface area contributed by atoms with E-state index in [2.05, 4.69) is 53.4 Å². The zero-order valence-corrected chi connectivity index (χ0v) is 14.5. The predicted molar refractivity (Wildman–Crippen MR) is 94.7 cm³/mol. The van der Waals surface area contributed by atoms with Crippen LogP contribution in [0.3, 0.4) is 0 Å². The Labute approximate surface area is 141 Å². The lowest BCUT2D eigenvalue weighted by Gasteiger charge is -2.15. The van der Waals surface area contributed by atoms with Gasteiger partial charge in [-0.15, -0.1) is 11.3 Å². The van der Waals surface area contributed by atoms with Crippen molar-refractivity contribution in [2.24, 2.45) is 0 Å². The van der Waals surface area contributed by atoms with Crippen LogP contribution in [0.2, 0.25) is 0 Å². The molecule has 1 aliphatic rings. The molecule has 0 saturated heterocycles. The van der Waals surface area contributed by atoms with Crippen LogP contribution in [-0.4, -0.2) is 42.0 Å². The van der Waals surface area contributed by atoms with Crippen LogP contribution in [0.5, 0.6) is 0 Å². The lowest BCUT2D eigenvalue weighted by atomic mass is 10.2. The normalized spacial score (nSPS) is 14.2. The quantitative estimate of drug-likeness (QED) is 0.849. The van der Waals surface area contributed by atoms with Gasteiger partial charge in [-0.25, -0.2) is 4.98 Å². The van der Waals surface area contributed by atoms with Crippen molar-refractivity contribution >= 4 is 17.2 Å². The summed E-state index contributed by atoms with van der Waals surface area (Å²) in [6.45, 7) is 3.70. The maximum atomic E-state index is 12.0. The zero-order valence-electron chi connectivity index (χ0n) is 13.7. The van der Waals surface area contributed by atoms with Gasteiger partial charge >= 0.3 is 0 Å². The first kappa shape index (κ1) is 16.1. The Balaban J connectivity index is 1.48. The van der Waals surface area contributed by atoms with E-state index in [1.54, 1.807) is 11.3 Å². The van der Waals surface area contributed by atoms with Crippen molar-refractivity contribution in [1.82, 2.24) is 15.2 Å². The Morgan fingerprint density at radius 3 is 2.78 bits per heavy atom. The van der Waals surface area contributed by atoms with E-state index in [1.165, 1.54) is 18.4 Å². The third-order valence-corrected chi connectivity index (χ3v) is 5.09. The van der Waals surface area contributed by atoms with Gasteiger partial charge in [0, 0.05) is 30.1 Å². The van der Waals surface area contributed by atoms with Gasteiger partial charge < -0.3 is 10.2 Å². The minimum absolute atomic E-state index is 0.0509. The van der Waals surface area contributed by atoms with Crippen molar-refractivity contribution in [2.75, 3.05) is 20.1 Å². The van der Waals surface area contributed by atoms with Crippen LogP contribution in [0.15, 0.2) is 29.6 Å². The molecule has 1 amide bonds. The second-order valence-electron chi connectivity index (χ2n) is 6.25. The van der Waals surface area contributed by atoms with Crippen molar-refractivity contribution in [3.63, 3.8) is 0 Å². The molecular formula is C18H23N3OS. The summed E-state index contributed by atoms with van der Waals surface area (Å²) >= 11 is 1.59. The van der Waals surface area contributed by atoms with E-state index in [-0.39, 0.29) is 5.91 Å². The predicted octanol–water partition coefficient (Wildman–Crippen LogP) is 2.87. The molecule has 3 rings (SSSR count). The van der Waals surface area contributed by atoms with Crippen LogP contribution < -0.4 is 5.32 Å². The number of carbonyl (C=O) groups excluding carboxylic acids is 1. The highest BCUT2D eigenvalue weighted by Gasteiger charge is 2.25. The number of hydrogen-bond acceptors (Lipinski definition) is 4. The Morgan fingerprint density at radius 2 is 2.09 bits per heavy atom. The van der Waals surface area contributed by atoms with E-state index in [1.807, 2.05) is 5.38 Å². The van der Waals surface area contributed by atoms with E-state index in [0.29, 0.717) is 13.0 Å². The van der Waals surface area contributed by atoms with Crippen molar-refractivity contribution in [1.29, 1.82) is 0 Å². The average Bonchev–Trinajstić information content (AvgIpc) is 3.29.